The van der Waals surface area contributed by atoms with Gasteiger partial charge in [0.05, 0.1) is 12.2 Å². The van der Waals surface area contributed by atoms with E-state index in [1.54, 1.807) is 0 Å². The van der Waals surface area contributed by atoms with Crippen LogP contribution in [0, 0.1) is 11.6 Å². The van der Waals surface area contributed by atoms with E-state index in [2.05, 4.69) is 21.2 Å². The molecule has 0 atom stereocenters. The van der Waals surface area contributed by atoms with Crippen molar-refractivity contribution in [2.75, 3.05) is 5.73 Å². The molecule has 100 valence electrons. The van der Waals surface area contributed by atoms with Crippen LogP contribution < -0.4 is 11.1 Å². The zero-order chi connectivity index (χ0) is 14.0. The van der Waals surface area contributed by atoms with Gasteiger partial charge in [-0.2, -0.15) is 0 Å². The van der Waals surface area contributed by atoms with E-state index in [-0.39, 0.29) is 12.2 Å². The Balaban J connectivity index is 2.14. The number of carbonyl (C=O) groups excluding carboxylic acids is 1. The zero-order valence-electron chi connectivity index (χ0n) is 9.54. The van der Waals surface area contributed by atoms with Gasteiger partial charge in [-0.1, -0.05) is 0 Å². The van der Waals surface area contributed by atoms with Gasteiger partial charge in [0.25, 0.3) is 5.91 Å². The number of nitrogens with two attached hydrogens (primary N) is 1. The minimum atomic E-state index is -1.04. The number of amides is 1. The van der Waals surface area contributed by atoms with Crippen LogP contribution in [-0.4, -0.2) is 5.91 Å². The highest BCUT2D eigenvalue weighted by Crippen LogP contribution is 2.21. The monoisotopic (exact) mass is 346 g/mol. The number of benzene rings is 1. The van der Waals surface area contributed by atoms with Crippen molar-refractivity contribution in [2.45, 2.75) is 6.54 Å². The molecule has 1 amide bonds. The first-order valence-electron chi connectivity index (χ1n) is 5.23. The van der Waals surface area contributed by atoms with E-state index < -0.39 is 23.1 Å². The highest BCUT2D eigenvalue weighted by Gasteiger charge is 2.19. The van der Waals surface area contributed by atoms with Gasteiger partial charge in [0, 0.05) is 14.7 Å². The number of thiophene rings is 1. The third kappa shape index (κ3) is 3.10. The van der Waals surface area contributed by atoms with Gasteiger partial charge in [-0.3, -0.25) is 4.79 Å². The first kappa shape index (κ1) is 14.0. The third-order valence-electron chi connectivity index (χ3n) is 2.39. The number of hydrogen-bond donors (Lipinski definition) is 2. The summed E-state index contributed by atoms with van der Waals surface area (Å²) in [5, 5.41) is 4.30. The lowest BCUT2D eigenvalue weighted by Crippen LogP contribution is -2.25. The Hall–Kier alpha value is -1.47. The van der Waals surface area contributed by atoms with Gasteiger partial charge in [-0.15, -0.1) is 11.3 Å². The lowest BCUT2D eigenvalue weighted by Gasteiger charge is -2.07. The Morgan fingerprint density at radius 2 is 2.16 bits per heavy atom. The average molecular weight is 347 g/mol. The molecule has 0 fully saturated rings. The molecule has 0 saturated heterocycles. The minimum Gasteiger partial charge on any atom is -0.396 e. The molecule has 0 aliphatic rings. The largest absolute Gasteiger partial charge is 0.396 e. The summed E-state index contributed by atoms with van der Waals surface area (Å²) in [7, 11) is 0. The Bertz CT molecular complexity index is 630. The van der Waals surface area contributed by atoms with Gasteiger partial charge in [-0.05, 0) is 34.1 Å². The minimum absolute atomic E-state index is 0.197. The first-order valence-corrected chi connectivity index (χ1v) is 6.91. The van der Waals surface area contributed by atoms with Crippen LogP contribution in [0.4, 0.5) is 14.5 Å². The van der Waals surface area contributed by atoms with Crippen LogP contribution in [0.25, 0.3) is 0 Å². The molecule has 3 nitrogen and oxygen atoms in total. The standard InChI is InChI=1S/C12H9BrF2N2OS/c13-6-3-7(19-5-6)4-17-12(18)10-8(14)1-2-9(16)11(10)15/h1-3,5H,4,16H2,(H,17,18). The molecule has 3 N–H and O–H groups in total. The van der Waals surface area contributed by atoms with Crippen LogP contribution in [0.15, 0.2) is 28.1 Å². The highest BCUT2D eigenvalue weighted by atomic mass is 79.9. The predicted octanol–water partition coefficient (Wildman–Crippen LogP) is 3.30. The number of hydrogen-bond acceptors (Lipinski definition) is 3. The maximum atomic E-state index is 13.6. The van der Waals surface area contributed by atoms with Crippen molar-refractivity contribution in [1.82, 2.24) is 5.32 Å². The fourth-order valence-corrected chi connectivity index (χ4v) is 2.87. The maximum Gasteiger partial charge on any atom is 0.257 e. The summed E-state index contributed by atoms with van der Waals surface area (Å²) >= 11 is 4.70. The summed E-state index contributed by atoms with van der Waals surface area (Å²) < 4.78 is 28.0. The lowest BCUT2D eigenvalue weighted by molar-refractivity contribution is 0.0943. The number of nitrogen functional groups attached to an aromatic ring is 1. The van der Waals surface area contributed by atoms with Crippen LogP contribution in [0.2, 0.25) is 0 Å². The molecular weight excluding hydrogens is 338 g/mol. The van der Waals surface area contributed by atoms with Crippen molar-refractivity contribution in [3.63, 3.8) is 0 Å². The normalized spacial score (nSPS) is 10.5. The number of halogens is 3. The van der Waals surface area contributed by atoms with Gasteiger partial charge in [0.1, 0.15) is 11.4 Å². The van der Waals surface area contributed by atoms with Crippen LogP contribution in [0.1, 0.15) is 15.2 Å². The van der Waals surface area contributed by atoms with E-state index in [0.29, 0.717) is 0 Å². The first-order chi connectivity index (χ1) is 8.99. The number of carbonyl (C=O) groups is 1. The topological polar surface area (TPSA) is 55.1 Å². The molecule has 0 saturated carbocycles. The van der Waals surface area contributed by atoms with Crippen molar-refractivity contribution < 1.29 is 13.6 Å². The summed E-state index contributed by atoms with van der Waals surface area (Å²) in [5.74, 6) is -2.80. The van der Waals surface area contributed by atoms with E-state index in [9.17, 15) is 13.6 Å². The molecule has 2 aromatic rings. The summed E-state index contributed by atoms with van der Waals surface area (Å²) in [4.78, 5) is 12.6. The Morgan fingerprint density at radius 1 is 1.42 bits per heavy atom. The highest BCUT2D eigenvalue weighted by molar-refractivity contribution is 9.10. The molecular formula is C12H9BrF2N2OS. The lowest BCUT2D eigenvalue weighted by atomic mass is 10.1. The molecule has 0 unspecified atom stereocenters. The second-order valence-corrected chi connectivity index (χ2v) is 5.65. The number of nitrogens with one attached hydrogen (secondary N) is 1. The average Bonchev–Trinajstić information content (AvgIpc) is 2.78. The SMILES string of the molecule is Nc1ccc(F)c(C(=O)NCc2cc(Br)cs2)c1F. The summed E-state index contributed by atoms with van der Waals surface area (Å²) in [5.41, 5.74) is 4.40. The second-order valence-electron chi connectivity index (χ2n) is 3.74. The van der Waals surface area contributed by atoms with E-state index in [4.69, 9.17) is 5.73 Å². The zero-order valence-corrected chi connectivity index (χ0v) is 11.9. The van der Waals surface area contributed by atoms with Gasteiger partial charge in [0.2, 0.25) is 0 Å². The van der Waals surface area contributed by atoms with E-state index in [1.807, 2.05) is 11.4 Å². The van der Waals surface area contributed by atoms with Crippen LogP contribution in [0.5, 0.6) is 0 Å². The quantitative estimate of drug-likeness (QED) is 0.837. The van der Waals surface area contributed by atoms with Crippen LogP contribution in [0.3, 0.4) is 0 Å². The fraction of sp³-hybridized carbons (Fsp3) is 0.0833. The Kier molecular flexibility index (Phi) is 4.16. The molecule has 0 aliphatic carbocycles. The van der Waals surface area contributed by atoms with E-state index in [1.165, 1.54) is 11.3 Å². The molecule has 2 rings (SSSR count). The molecule has 0 bridgehead atoms. The molecule has 1 heterocycles. The molecule has 0 aliphatic heterocycles. The van der Waals surface area contributed by atoms with Gasteiger partial charge >= 0.3 is 0 Å². The summed E-state index contributed by atoms with van der Waals surface area (Å²) in [6, 6.07) is 3.86. The smallest absolute Gasteiger partial charge is 0.257 e. The van der Waals surface area contributed by atoms with Gasteiger partial charge in [-0.25, -0.2) is 8.78 Å². The molecule has 0 spiro atoms. The molecule has 7 heteroatoms. The predicted molar refractivity (Wildman–Crippen MR) is 74.0 cm³/mol. The fourth-order valence-electron chi connectivity index (χ4n) is 1.48. The molecule has 0 radical (unpaired) electrons. The Labute approximate surface area is 120 Å². The van der Waals surface area contributed by atoms with Crippen molar-refractivity contribution in [1.29, 1.82) is 0 Å². The summed E-state index contributed by atoms with van der Waals surface area (Å²) in [6.07, 6.45) is 0. The summed E-state index contributed by atoms with van der Waals surface area (Å²) in [6.45, 7) is 0.197. The van der Waals surface area contributed by atoms with Crippen molar-refractivity contribution in [2.24, 2.45) is 0 Å². The van der Waals surface area contributed by atoms with E-state index >= 15 is 0 Å². The number of rotatable bonds is 3. The van der Waals surface area contributed by atoms with Gasteiger partial charge in [0.15, 0.2) is 5.82 Å². The molecule has 19 heavy (non-hydrogen) atoms. The van der Waals surface area contributed by atoms with Gasteiger partial charge < -0.3 is 11.1 Å². The molecule has 1 aromatic heterocycles. The number of anilines is 1. The van der Waals surface area contributed by atoms with Crippen LogP contribution in [-0.2, 0) is 6.54 Å². The van der Waals surface area contributed by atoms with E-state index in [0.717, 1.165) is 21.5 Å². The maximum absolute atomic E-state index is 13.6. The third-order valence-corrected chi connectivity index (χ3v) is 4.09. The molecule has 1 aromatic carbocycles. The van der Waals surface area contributed by atoms with Crippen molar-refractivity contribution >= 4 is 38.9 Å². The Morgan fingerprint density at radius 3 is 2.79 bits per heavy atom. The van der Waals surface area contributed by atoms with Crippen molar-refractivity contribution in [3.8, 4) is 0 Å². The van der Waals surface area contributed by atoms with Crippen molar-refractivity contribution in [3.05, 3.63) is 50.1 Å². The second kappa shape index (κ2) is 5.66. The van der Waals surface area contributed by atoms with Crippen LogP contribution >= 0.6 is 27.3 Å².